The maximum Gasteiger partial charge on any atom is 0.248 e. The molecule has 1 atom stereocenters. The number of halogens is 3. The fourth-order valence-corrected chi connectivity index (χ4v) is 4.07. The van der Waals surface area contributed by atoms with Gasteiger partial charge in [-0.1, -0.05) is 22.0 Å². The molecule has 2 rings (SSSR count). The number of thiophene rings is 1. The Kier molecular flexibility index (Phi) is 4.01. The summed E-state index contributed by atoms with van der Waals surface area (Å²) < 4.78 is 26.0. The van der Waals surface area contributed by atoms with Crippen molar-refractivity contribution in [1.82, 2.24) is 0 Å². The molecule has 1 fully saturated rings. The molecule has 1 heterocycles. The Bertz CT molecular complexity index is 314. The molecule has 0 nitrogen and oxygen atoms in total. The van der Waals surface area contributed by atoms with Crippen LogP contribution in [-0.2, 0) is 6.42 Å². The van der Waals surface area contributed by atoms with E-state index in [0.717, 1.165) is 6.42 Å². The summed E-state index contributed by atoms with van der Waals surface area (Å²) in [6.07, 6.45) is 2.38. The summed E-state index contributed by atoms with van der Waals surface area (Å²) in [6, 6.07) is 4.14. The van der Waals surface area contributed by atoms with Crippen LogP contribution < -0.4 is 0 Å². The van der Waals surface area contributed by atoms with Gasteiger partial charge in [-0.05, 0) is 36.6 Å². The highest BCUT2D eigenvalue weighted by Gasteiger charge is 2.36. The van der Waals surface area contributed by atoms with Crippen molar-refractivity contribution >= 4 is 27.3 Å². The van der Waals surface area contributed by atoms with Gasteiger partial charge in [-0.2, -0.15) is 0 Å². The molecule has 1 aliphatic rings. The summed E-state index contributed by atoms with van der Waals surface area (Å²) in [4.78, 5) is 1.68. The van der Waals surface area contributed by atoms with Gasteiger partial charge in [0.05, 0.1) is 0 Å². The molecule has 0 aromatic carbocycles. The summed E-state index contributed by atoms with van der Waals surface area (Å²) in [7, 11) is 0. The van der Waals surface area contributed by atoms with Gasteiger partial charge in [-0.15, -0.1) is 11.3 Å². The molecule has 1 saturated carbocycles. The van der Waals surface area contributed by atoms with Crippen LogP contribution in [0.2, 0.25) is 0 Å². The molecule has 0 saturated heterocycles. The van der Waals surface area contributed by atoms with Crippen molar-refractivity contribution in [2.75, 3.05) is 0 Å². The fourth-order valence-electron chi connectivity index (χ4n) is 2.21. The van der Waals surface area contributed by atoms with Gasteiger partial charge in [0.15, 0.2) is 0 Å². The molecular formula is C12H15BrF2S. The van der Waals surface area contributed by atoms with Gasteiger partial charge in [-0.3, -0.25) is 0 Å². The van der Waals surface area contributed by atoms with Gasteiger partial charge in [0.2, 0.25) is 5.92 Å². The van der Waals surface area contributed by atoms with Crippen molar-refractivity contribution in [2.45, 2.75) is 42.9 Å². The van der Waals surface area contributed by atoms with Crippen LogP contribution >= 0.6 is 27.3 Å². The normalized spacial score (nSPS) is 23.2. The Morgan fingerprint density at radius 2 is 2.12 bits per heavy atom. The Morgan fingerprint density at radius 1 is 1.44 bits per heavy atom. The van der Waals surface area contributed by atoms with Gasteiger partial charge in [-0.25, -0.2) is 8.78 Å². The monoisotopic (exact) mass is 308 g/mol. The summed E-state index contributed by atoms with van der Waals surface area (Å²) in [6.45, 7) is 0. The lowest BCUT2D eigenvalue weighted by Gasteiger charge is -2.31. The summed E-state index contributed by atoms with van der Waals surface area (Å²) in [5, 5.41) is 2.06. The first-order valence-corrected chi connectivity index (χ1v) is 7.41. The highest BCUT2D eigenvalue weighted by Crippen LogP contribution is 2.40. The Morgan fingerprint density at radius 3 is 2.69 bits per heavy atom. The van der Waals surface area contributed by atoms with Crippen LogP contribution in [0.4, 0.5) is 8.78 Å². The molecule has 16 heavy (non-hydrogen) atoms. The molecule has 1 aromatic rings. The molecule has 0 N–H and O–H groups in total. The second-order valence-corrected chi connectivity index (χ2v) is 6.70. The number of alkyl halides is 3. The van der Waals surface area contributed by atoms with Crippen molar-refractivity contribution in [3.63, 3.8) is 0 Å². The molecule has 90 valence electrons. The van der Waals surface area contributed by atoms with E-state index >= 15 is 0 Å². The maximum absolute atomic E-state index is 13.0. The molecule has 0 spiro atoms. The smallest absolute Gasteiger partial charge is 0.207 e. The molecule has 4 heteroatoms. The van der Waals surface area contributed by atoms with Crippen LogP contribution in [0, 0.1) is 5.92 Å². The zero-order valence-electron chi connectivity index (χ0n) is 8.96. The largest absolute Gasteiger partial charge is 0.248 e. The first-order chi connectivity index (χ1) is 7.57. The standard InChI is InChI=1S/C12H15BrF2S/c13-11(8-10-2-1-7-16-10)9-3-5-12(14,15)6-4-9/h1-2,7,9,11H,3-6,8H2. The number of hydrogen-bond donors (Lipinski definition) is 0. The summed E-state index contributed by atoms with van der Waals surface area (Å²) in [5.74, 6) is -2.01. The quantitative estimate of drug-likeness (QED) is 0.698. The lowest BCUT2D eigenvalue weighted by atomic mass is 9.84. The average Bonchev–Trinajstić information content (AvgIpc) is 2.70. The number of hydrogen-bond acceptors (Lipinski definition) is 1. The second kappa shape index (κ2) is 5.13. The Balaban J connectivity index is 1.85. The Hall–Kier alpha value is 0.0400. The topological polar surface area (TPSA) is 0 Å². The van der Waals surface area contributed by atoms with E-state index in [4.69, 9.17) is 0 Å². The molecule has 0 amide bonds. The second-order valence-electron chi connectivity index (χ2n) is 4.49. The first kappa shape index (κ1) is 12.5. The molecule has 1 aliphatic carbocycles. The minimum absolute atomic E-state index is 0.0597. The van der Waals surface area contributed by atoms with E-state index in [-0.39, 0.29) is 12.8 Å². The maximum atomic E-state index is 13.0. The summed E-state index contributed by atoms with van der Waals surface area (Å²) >= 11 is 5.40. The molecule has 0 bridgehead atoms. The van der Waals surface area contributed by atoms with Gasteiger partial charge in [0, 0.05) is 22.5 Å². The van der Waals surface area contributed by atoms with Crippen LogP contribution in [0.15, 0.2) is 17.5 Å². The van der Waals surface area contributed by atoms with E-state index in [0.29, 0.717) is 23.6 Å². The molecule has 0 aliphatic heterocycles. The van der Waals surface area contributed by atoms with E-state index < -0.39 is 5.92 Å². The van der Waals surface area contributed by atoms with Gasteiger partial charge >= 0.3 is 0 Å². The third kappa shape index (κ3) is 3.27. The lowest BCUT2D eigenvalue weighted by Crippen LogP contribution is -2.29. The van der Waals surface area contributed by atoms with Crippen LogP contribution in [-0.4, -0.2) is 10.7 Å². The lowest BCUT2D eigenvalue weighted by molar-refractivity contribution is -0.0455. The van der Waals surface area contributed by atoms with E-state index in [1.165, 1.54) is 4.88 Å². The van der Waals surface area contributed by atoms with E-state index in [1.807, 2.05) is 6.07 Å². The fraction of sp³-hybridized carbons (Fsp3) is 0.667. The number of rotatable bonds is 3. The van der Waals surface area contributed by atoms with Crippen molar-refractivity contribution in [3.05, 3.63) is 22.4 Å². The minimum atomic E-state index is -2.41. The summed E-state index contributed by atoms with van der Waals surface area (Å²) in [5.41, 5.74) is 0. The zero-order valence-corrected chi connectivity index (χ0v) is 11.4. The third-order valence-corrected chi connectivity index (χ3v) is 5.22. The molecule has 1 unspecified atom stereocenters. The van der Waals surface area contributed by atoms with Gasteiger partial charge in [0.1, 0.15) is 0 Å². The zero-order chi connectivity index (χ0) is 11.6. The molecular weight excluding hydrogens is 294 g/mol. The van der Waals surface area contributed by atoms with Crippen molar-refractivity contribution in [1.29, 1.82) is 0 Å². The van der Waals surface area contributed by atoms with Crippen LogP contribution in [0.25, 0.3) is 0 Å². The van der Waals surface area contributed by atoms with E-state index in [9.17, 15) is 8.78 Å². The van der Waals surface area contributed by atoms with Crippen LogP contribution in [0.5, 0.6) is 0 Å². The van der Waals surface area contributed by atoms with Crippen molar-refractivity contribution in [3.8, 4) is 0 Å². The minimum Gasteiger partial charge on any atom is -0.207 e. The molecule has 0 radical (unpaired) electrons. The average molecular weight is 309 g/mol. The first-order valence-electron chi connectivity index (χ1n) is 5.61. The van der Waals surface area contributed by atoms with Crippen molar-refractivity contribution in [2.24, 2.45) is 5.92 Å². The van der Waals surface area contributed by atoms with Gasteiger partial charge in [0.25, 0.3) is 0 Å². The van der Waals surface area contributed by atoms with Crippen molar-refractivity contribution < 1.29 is 8.78 Å². The van der Waals surface area contributed by atoms with Crippen LogP contribution in [0.1, 0.15) is 30.6 Å². The van der Waals surface area contributed by atoms with E-state index in [2.05, 4.69) is 27.4 Å². The van der Waals surface area contributed by atoms with Gasteiger partial charge < -0.3 is 0 Å². The third-order valence-electron chi connectivity index (χ3n) is 3.25. The van der Waals surface area contributed by atoms with Crippen LogP contribution in [0.3, 0.4) is 0 Å². The highest BCUT2D eigenvalue weighted by atomic mass is 79.9. The van der Waals surface area contributed by atoms with E-state index in [1.54, 1.807) is 11.3 Å². The SMILES string of the molecule is FC1(F)CCC(C(Br)Cc2cccs2)CC1. The highest BCUT2D eigenvalue weighted by molar-refractivity contribution is 9.09. The predicted octanol–water partition coefficient (Wildman–Crippen LogP) is 4.88. The molecule has 1 aromatic heterocycles. The predicted molar refractivity (Wildman–Crippen MR) is 67.6 cm³/mol. The Labute approximate surface area is 107 Å².